The second-order valence-electron chi connectivity index (χ2n) is 9.22. The number of allylic oxidation sites excluding steroid dienone is 1. The minimum atomic E-state index is 0.579. The quantitative estimate of drug-likeness (QED) is 0.164. The number of hydrogen-bond acceptors (Lipinski definition) is 8. The average Bonchev–Trinajstić information content (AvgIpc) is 3.84. The summed E-state index contributed by atoms with van der Waals surface area (Å²) >= 11 is 15.2. The Balaban J connectivity index is 0.976. The van der Waals surface area contributed by atoms with E-state index in [0.717, 1.165) is 6.42 Å². The fourth-order valence-electron chi connectivity index (χ4n) is 4.70. The van der Waals surface area contributed by atoms with Crippen LogP contribution in [-0.2, 0) is 0 Å². The lowest BCUT2D eigenvalue weighted by Gasteiger charge is -2.06. The lowest BCUT2D eigenvalue weighted by Crippen LogP contribution is -1.81. The molecular formula is C32H20S8. The van der Waals surface area contributed by atoms with Crippen LogP contribution in [-0.4, -0.2) is 0 Å². The lowest BCUT2D eigenvalue weighted by molar-refractivity contribution is 1.02. The number of rotatable bonds is 7. The van der Waals surface area contributed by atoms with Gasteiger partial charge in [-0.05, 0) is 90.0 Å². The third kappa shape index (κ3) is 4.99. The van der Waals surface area contributed by atoms with Crippen LogP contribution in [0.25, 0.3) is 53.7 Å². The van der Waals surface area contributed by atoms with E-state index >= 15 is 0 Å². The predicted octanol–water partition coefficient (Wildman–Crippen LogP) is 13.7. The van der Waals surface area contributed by atoms with Gasteiger partial charge in [0.25, 0.3) is 0 Å². The largest absolute Gasteiger partial charge is 0.148 e. The second-order valence-corrected chi connectivity index (χ2v) is 17.8. The molecule has 8 heterocycles. The molecule has 7 aromatic rings. The Labute approximate surface area is 265 Å². The van der Waals surface area contributed by atoms with Crippen LogP contribution in [0.2, 0.25) is 0 Å². The molecular weight excluding hydrogens is 641 g/mol. The lowest BCUT2D eigenvalue weighted by atomic mass is 10.2. The molecule has 0 saturated carbocycles. The van der Waals surface area contributed by atoms with Gasteiger partial charge in [-0.3, -0.25) is 0 Å². The van der Waals surface area contributed by atoms with Crippen molar-refractivity contribution in [2.75, 3.05) is 0 Å². The van der Waals surface area contributed by atoms with E-state index in [1.807, 2.05) is 91.1 Å². The van der Waals surface area contributed by atoms with E-state index in [9.17, 15) is 0 Å². The van der Waals surface area contributed by atoms with E-state index in [1.54, 1.807) is 0 Å². The standard InChI is InChI=1S/C32H20S8/c1-3-19(33-17-1)21-5-7-23(35-21)25-9-11-27(37-25)29-13-15-31(39-29)32-16-14-30(40-32)28-12-10-26(38-28)24-8-6-22(36-24)20-4-2-18-34-20/h1-5,7-18,22H,6H2. The average molecular weight is 661 g/mol. The molecule has 0 radical (unpaired) electrons. The number of thiophene rings is 7. The van der Waals surface area contributed by atoms with Crippen molar-refractivity contribution in [2.24, 2.45) is 0 Å². The van der Waals surface area contributed by atoms with Gasteiger partial charge in [-0.1, -0.05) is 18.2 Å². The molecule has 196 valence electrons. The highest BCUT2D eigenvalue weighted by Crippen LogP contribution is 2.52. The zero-order chi connectivity index (χ0) is 26.5. The molecule has 1 unspecified atom stereocenters. The van der Waals surface area contributed by atoms with E-state index in [4.69, 9.17) is 0 Å². The van der Waals surface area contributed by atoms with Gasteiger partial charge in [-0.15, -0.1) is 91.1 Å². The minimum Gasteiger partial charge on any atom is -0.148 e. The summed E-state index contributed by atoms with van der Waals surface area (Å²) in [5.74, 6) is 0. The van der Waals surface area contributed by atoms with Gasteiger partial charge in [-0.25, -0.2) is 0 Å². The molecule has 0 saturated heterocycles. The molecule has 1 aliphatic heterocycles. The first-order valence-electron chi connectivity index (χ1n) is 12.7. The first-order valence-corrected chi connectivity index (χ1v) is 19.4. The van der Waals surface area contributed by atoms with Gasteiger partial charge in [0.15, 0.2) is 0 Å². The van der Waals surface area contributed by atoms with Crippen molar-refractivity contribution in [3.63, 3.8) is 0 Å². The Morgan fingerprint density at radius 1 is 0.425 bits per heavy atom. The van der Waals surface area contributed by atoms with E-state index in [2.05, 4.69) is 102 Å². The van der Waals surface area contributed by atoms with Gasteiger partial charge >= 0.3 is 0 Å². The van der Waals surface area contributed by atoms with Crippen LogP contribution in [0, 0.1) is 0 Å². The summed E-state index contributed by atoms with van der Waals surface area (Å²) in [6.45, 7) is 0. The molecule has 1 aliphatic rings. The molecule has 0 bridgehead atoms. The van der Waals surface area contributed by atoms with Gasteiger partial charge in [-0.2, -0.15) is 0 Å². The van der Waals surface area contributed by atoms with Gasteiger partial charge in [0.2, 0.25) is 0 Å². The third-order valence-corrected chi connectivity index (χ3v) is 16.6. The smallest absolute Gasteiger partial charge is 0.0473 e. The van der Waals surface area contributed by atoms with Crippen molar-refractivity contribution in [3.8, 4) is 48.8 Å². The zero-order valence-corrected chi connectivity index (χ0v) is 27.4. The van der Waals surface area contributed by atoms with Gasteiger partial charge in [0, 0.05) is 68.7 Å². The Kier molecular flexibility index (Phi) is 7.06. The molecule has 0 aromatic carbocycles. The van der Waals surface area contributed by atoms with Crippen molar-refractivity contribution >= 4 is 96.0 Å². The predicted molar refractivity (Wildman–Crippen MR) is 188 cm³/mol. The van der Waals surface area contributed by atoms with Crippen LogP contribution in [0.1, 0.15) is 21.4 Å². The topological polar surface area (TPSA) is 0 Å². The summed E-state index contributed by atoms with van der Waals surface area (Å²) < 4.78 is 0. The van der Waals surface area contributed by atoms with Crippen molar-refractivity contribution in [2.45, 2.75) is 11.7 Å². The molecule has 0 aliphatic carbocycles. The molecule has 0 fully saturated rings. The van der Waals surface area contributed by atoms with Crippen molar-refractivity contribution in [1.29, 1.82) is 0 Å². The first kappa shape index (κ1) is 25.7. The molecule has 8 rings (SSSR count). The first-order chi connectivity index (χ1) is 19.8. The van der Waals surface area contributed by atoms with Gasteiger partial charge in [0.1, 0.15) is 0 Å². The second kappa shape index (κ2) is 11.0. The molecule has 8 heteroatoms. The third-order valence-electron chi connectivity index (χ3n) is 6.66. The summed E-state index contributed by atoms with van der Waals surface area (Å²) in [4.78, 5) is 17.8. The molecule has 0 N–H and O–H groups in total. The Bertz CT molecular complexity index is 1910. The molecule has 7 aromatic heterocycles. The van der Waals surface area contributed by atoms with Crippen molar-refractivity contribution < 1.29 is 0 Å². The summed E-state index contributed by atoms with van der Waals surface area (Å²) in [6.07, 6.45) is 3.56. The van der Waals surface area contributed by atoms with E-state index in [0.29, 0.717) is 5.25 Å². The maximum Gasteiger partial charge on any atom is 0.0473 e. The Morgan fingerprint density at radius 3 is 1.30 bits per heavy atom. The summed E-state index contributed by atoms with van der Waals surface area (Å²) in [5, 5.41) is 4.91. The summed E-state index contributed by atoms with van der Waals surface area (Å²) in [7, 11) is 0. The molecule has 0 spiro atoms. The van der Waals surface area contributed by atoms with Crippen LogP contribution in [0.3, 0.4) is 0 Å². The minimum absolute atomic E-state index is 0.579. The van der Waals surface area contributed by atoms with Gasteiger partial charge < -0.3 is 0 Å². The summed E-state index contributed by atoms with van der Waals surface area (Å²) in [5.41, 5.74) is 0. The fourth-order valence-corrected chi connectivity index (χ4v) is 13.2. The van der Waals surface area contributed by atoms with Crippen LogP contribution < -0.4 is 0 Å². The summed E-state index contributed by atoms with van der Waals surface area (Å²) in [6, 6.07) is 31.6. The van der Waals surface area contributed by atoms with Crippen molar-refractivity contribution in [1.82, 2.24) is 0 Å². The van der Waals surface area contributed by atoms with Gasteiger partial charge in [0.05, 0.1) is 0 Å². The fraction of sp³-hybridized carbons (Fsp3) is 0.0625. The molecule has 0 nitrogen and oxygen atoms in total. The Morgan fingerprint density at radius 2 is 0.850 bits per heavy atom. The highest BCUT2D eigenvalue weighted by molar-refractivity contribution is 8.09. The van der Waals surface area contributed by atoms with E-state index in [1.165, 1.54) is 63.4 Å². The normalized spacial score (nSPS) is 15.2. The van der Waals surface area contributed by atoms with Crippen molar-refractivity contribution in [3.05, 3.63) is 112 Å². The maximum absolute atomic E-state index is 2.43. The van der Waals surface area contributed by atoms with Crippen LogP contribution >= 0.6 is 91.1 Å². The van der Waals surface area contributed by atoms with E-state index in [-0.39, 0.29) is 0 Å². The highest BCUT2D eigenvalue weighted by atomic mass is 32.2. The van der Waals surface area contributed by atoms with Crippen LogP contribution in [0.5, 0.6) is 0 Å². The molecule has 1 atom stereocenters. The van der Waals surface area contributed by atoms with Crippen LogP contribution in [0.15, 0.2) is 102 Å². The van der Waals surface area contributed by atoms with E-state index < -0.39 is 0 Å². The highest BCUT2D eigenvalue weighted by Gasteiger charge is 2.23. The monoisotopic (exact) mass is 660 g/mol. The molecule has 0 amide bonds. The maximum atomic E-state index is 2.43. The van der Waals surface area contributed by atoms with Crippen LogP contribution in [0.4, 0.5) is 0 Å². The Hall–Kier alpha value is -2.01. The number of thioether (sulfide) groups is 1. The molecule has 40 heavy (non-hydrogen) atoms. The zero-order valence-electron chi connectivity index (χ0n) is 20.9. The SMILES string of the molecule is C1=C(c2ccc(-c3ccc(-c4ccc(-c5ccc(-c6ccc(-c7cccs7)s6)s5)s4)s3)s2)SC(c2cccs2)C1. The number of hydrogen-bond donors (Lipinski definition) is 0.